The Morgan fingerprint density at radius 2 is 1.49 bits per heavy atom. The van der Waals surface area contributed by atoms with Crippen LogP contribution in [0.1, 0.15) is 42.7 Å². The van der Waals surface area contributed by atoms with Gasteiger partial charge in [-0.1, -0.05) is 61.5 Å². The second-order valence-corrected chi connectivity index (χ2v) is 11.1. The van der Waals surface area contributed by atoms with E-state index in [1.807, 2.05) is 66.7 Å². The van der Waals surface area contributed by atoms with E-state index < -0.39 is 23.1 Å². The molecular weight excluding hydrogens is 518 g/mol. The zero-order valence-electron chi connectivity index (χ0n) is 23.5. The summed E-state index contributed by atoms with van der Waals surface area (Å²) in [4.78, 5) is 16.7. The molecule has 1 saturated heterocycles. The number of hydrogen-bond acceptors (Lipinski definition) is 7. The average Bonchev–Trinajstić information content (AvgIpc) is 3.53. The van der Waals surface area contributed by atoms with Gasteiger partial charge in [0.1, 0.15) is 29.1 Å². The molecule has 6 rings (SSSR count). The topological polar surface area (TPSA) is 97.8 Å². The molecule has 4 atom stereocenters. The van der Waals surface area contributed by atoms with Gasteiger partial charge in [0.25, 0.3) is 0 Å². The number of aromatic nitrogens is 2. The molecule has 1 saturated carbocycles. The number of rotatable bonds is 9. The predicted molar refractivity (Wildman–Crippen MR) is 156 cm³/mol. The van der Waals surface area contributed by atoms with Crippen molar-refractivity contribution in [1.82, 2.24) is 9.55 Å². The molecule has 2 bridgehead atoms. The van der Waals surface area contributed by atoms with E-state index in [1.54, 1.807) is 31.0 Å². The van der Waals surface area contributed by atoms with Crippen molar-refractivity contribution in [2.75, 3.05) is 26.6 Å². The highest BCUT2D eigenvalue weighted by Crippen LogP contribution is 2.56. The minimum Gasteiger partial charge on any atom is -0.497 e. The molecule has 1 aromatic heterocycles. The number of nitrogens with two attached hydrogens (primary N) is 1. The fraction of sp³-hybridized carbons (Fsp3) is 0.333. The maximum atomic E-state index is 12.7. The molecule has 8 nitrogen and oxygen atoms in total. The molecule has 8 heteroatoms. The summed E-state index contributed by atoms with van der Waals surface area (Å²) in [5, 5.41) is 0. The normalized spacial score (nSPS) is 23.4. The Bertz CT molecular complexity index is 1510. The van der Waals surface area contributed by atoms with Crippen molar-refractivity contribution in [1.29, 1.82) is 0 Å². The molecule has 1 aliphatic heterocycles. The summed E-state index contributed by atoms with van der Waals surface area (Å²) in [5.74, 6) is 2.24. The second-order valence-electron chi connectivity index (χ2n) is 11.1. The van der Waals surface area contributed by atoms with Crippen LogP contribution in [0.4, 0.5) is 5.82 Å². The van der Waals surface area contributed by atoms with Crippen LogP contribution in [-0.4, -0.2) is 36.0 Å². The number of methoxy groups -OCH3 is 2. The number of hydrogen-bond donors (Lipinski definition) is 1. The quantitative estimate of drug-likeness (QED) is 0.286. The van der Waals surface area contributed by atoms with Crippen LogP contribution < -0.4 is 20.9 Å². The first-order valence-corrected chi connectivity index (χ1v) is 13.9. The van der Waals surface area contributed by atoms with Crippen LogP contribution >= 0.6 is 0 Å². The van der Waals surface area contributed by atoms with Crippen LogP contribution in [0.3, 0.4) is 0 Å². The molecule has 2 N–H and O–H groups in total. The van der Waals surface area contributed by atoms with E-state index in [4.69, 9.17) is 24.7 Å². The number of benzene rings is 3. The Balaban J connectivity index is 1.42. The third kappa shape index (κ3) is 4.77. The summed E-state index contributed by atoms with van der Waals surface area (Å²) in [6.45, 7) is 2.55. The van der Waals surface area contributed by atoms with Gasteiger partial charge in [-0.3, -0.25) is 4.57 Å². The van der Waals surface area contributed by atoms with Crippen LogP contribution in [0.25, 0.3) is 0 Å². The average molecular weight is 554 g/mol. The molecule has 2 aliphatic rings. The van der Waals surface area contributed by atoms with Gasteiger partial charge >= 0.3 is 5.69 Å². The number of nitrogens with zero attached hydrogens (tertiary/aromatic N) is 2. The molecule has 1 aliphatic carbocycles. The predicted octanol–water partition coefficient (Wildman–Crippen LogP) is 5.17. The van der Waals surface area contributed by atoms with Crippen molar-refractivity contribution in [2.24, 2.45) is 11.8 Å². The highest BCUT2D eigenvalue weighted by Gasteiger charge is 2.57. The third-order valence-electron chi connectivity index (χ3n) is 8.62. The van der Waals surface area contributed by atoms with Crippen LogP contribution in [0.2, 0.25) is 0 Å². The molecule has 4 aromatic rings. The van der Waals surface area contributed by atoms with Crippen molar-refractivity contribution in [2.45, 2.75) is 37.2 Å². The van der Waals surface area contributed by atoms with Crippen LogP contribution in [-0.2, 0) is 15.1 Å². The van der Waals surface area contributed by atoms with Gasteiger partial charge < -0.3 is 24.7 Å². The Labute approximate surface area is 239 Å². The van der Waals surface area contributed by atoms with Gasteiger partial charge in [0.15, 0.2) is 0 Å². The van der Waals surface area contributed by atoms with Gasteiger partial charge in [-0.15, -0.1) is 0 Å². The molecule has 0 spiro atoms. The Hall–Kier alpha value is -4.14. The summed E-state index contributed by atoms with van der Waals surface area (Å²) in [6.07, 6.45) is 2.88. The van der Waals surface area contributed by atoms with Crippen molar-refractivity contribution >= 4 is 5.82 Å². The van der Waals surface area contributed by atoms with E-state index in [-0.39, 0.29) is 11.7 Å². The standard InChI is InChI=1S/C33H35N3O5/c1-22-19-32(20-28(22)30(41-32)36-18-17-29(34)35-31(36)37)21-40-33(23-7-5-4-6-8-23,24-9-13-26(38-2)14-10-24)25-11-15-27(39-3)16-12-25/h4-18,22,28,30H,19-21H2,1-3H3,(H2,34,35,37). The fourth-order valence-corrected chi connectivity index (χ4v) is 6.62. The SMILES string of the molecule is COc1ccc(C(OCC23CC(C)C(C2)C(n2ccc(N)nc2=O)O3)(c2ccccc2)c2ccc(OC)cc2)cc1. The summed E-state index contributed by atoms with van der Waals surface area (Å²) >= 11 is 0. The van der Waals surface area contributed by atoms with Gasteiger partial charge in [-0.2, -0.15) is 4.98 Å². The first kappa shape index (κ1) is 27.1. The Morgan fingerprint density at radius 3 is 2.05 bits per heavy atom. The molecule has 2 fully saturated rings. The minimum absolute atomic E-state index is 0.162. The van der Waals surface area contributed by atoms with Gasteiger partial charge in [-0.25, -0.2) is 4.79 Å². The van der Waals surface area contributed by atoms with Crippen molar-refractivity contribution in [3.05, 3.63) is 118 Å². The second kappa shape index (κ2) is 10.7. The lowest BCUT2D eigenvalue weighted by atomic mass is 9.79. The fourth-order valence-electron chi connectivity index (χ4n) is 6.62. The lowest BCUT2D eigenvalue weighted by Gasteiger charge is -2.40. The smallest absolute Gasteiger partial charge is 0.351 e. The zero-order chi connectivity index (χ0) is 28.6. The van der Waals surface area contributed by atoms with Crippen molar-refractivity contribution in [3.8, 4) is 11.5 Å². The van der Waals surface area contributed by atoms with Gasteiger partial charge in [0.2, 0.25) is 0 Å². The zero-order valence-corrected chi connectivity index (χ0v) is 23.5. The Kier molecular flexibility index (Phi) is 7.05. The molecule has 41 heavy (non-hydrogen) atoms. The van der Waals surface area contributed by atoms with E-state index >= 15 is 0 Å². The number of anilines is 1. The first-order chi connectivity index (χ1) is 19.9. The van der Waals surface area contributed by atoms with Gasteiger partial charge in [0.05, 0.1) is 26.4 Å². The van der Waals surface area contributed by atoms with E-state index in [9.17, 15) is 4.79 Å². The molecule has 3 aromatic carbocycles. The van der Waals surface area contributed by atoms with E-state index in [1.165, 1.54) is 0 Å². The van der Waals surface area contributed by atoms with E-state index in [0.29, 0.717) is 12.5 Å². The first-order valence-electron chi connectivity index (χ1n) is 13.9. The lowest BCUT2D eigenvalue weighted by Crippen LogP contribution is -2.43. The maximum absolute atomic E-state index is 12.7. The summed E-state index contributed by atoms with van der Waals surface area (Å²) in [5.41, 5.74) is 6.75. The summed E-state index contributed by atoms with van der Waals surface area (Å²) in [7, 11) is 3.32. The highest BCUT2D eigenvalue weighted by molar-refractivity contribution is 5.49. The molecule has 0 amide bonds. The monoisotopic (exact) mass is 553 g/mol. The summed E-state index contributed by atoms with van der Waals surface area (Å²) in [6, 6.07) is 27.9. The molecular formula is C33H35N3O5. The van der Waals surface area contributed by atoms with E-state index in [2.05, 4.69) is 24.0 Å². The van der Waals surface area contributed by atoms with E-state index in [0.717, 1.165) is 41.0 Å². The van der Waals surface area contributed by atoms with Crippen molar-refractivity contribution < 1.29 is 18.9 Å². The summed E-state index contributed by atoms with van der Waals surface area (Å²) < 4.78 is 26.4. The maximum Gasteiger partial charge on any atom is 0.351 e. The number of fused-ring (bicyclic) bond motifs is 2. The van der Waals surface area contributed by atoms with Gasteiger partial charge in [0, 0.05) is 12.1 Å². The molecule has 212 valence electrons. The van der Waals surface area contributed by atoms with Gasteiger partial charge in [-0.05, 0) is 65.8 Å². The number of ether oxygens (including phenoxy) is 4. The molecule has 0 radical (unpaired) electrons. The lowest BCUT2D eigenvalue weighted by molar-refractivity contribution is -0.164. The van der Waals surface area contributed by atoms with Crippen LogP contribution in [0.5, 0.6) is 11.5 Å². The molecule has 2 heterocycles. The number of nitrogen functional groups attached to an aromatic ring is 1. The van der Waals surface area contributed by atoms with Crippen LogP contribution in [0.15, 0.2) is 95.9 Å². The van der Waals surface area contributed by atoms with Crippen LogP contribution in [0, 0.1) is 11.8 Å². The minimum atomic E-state index is -0.948. The third-order valence-corrected chi connectivity index (χ3v) is 8.62. The Morgan fingerprint density at radius 1 is 0.902 bits per heavy atom. The molecule has 4 unspecified atom stereocenters. The largest absolute Gasteiger partial charge is 0.497 e. The highest BCUT2D eigenvalue weighted by atomic mass is 16.6. The van der Waals surface area contributed by atoms with Crippen molar-refractivity contribution in [3.63, 3.8) is 0 Å².